The number of piperazine rings is 1. The summed E-state index contributed by atoms with van der Waals surface area (Å²) in [6.45, 7) is 5.53. The zero-order chi connectivity index (χ0) is 20.9. The van der Waals surface area contributed by atoms with Crippen LogP contribution < -0.4 is 14.4 Å². The molecule has 4 rings (SSSR count). The van der Waals surface area contributed by atoms with Crippen LogP contribution in [0.3, 0.4) is 0 Å². The molecule has 0 aliphatic carbocycles. The number of thiophene rings is 1. The molecule has 0 saturated carbocycles. The molecule has 7 nitrogen and oxygen atoms in total. The van der Waals surface area contributed by atoms with Crippen LogP contribution in [-0.4, -0.2) is 60.7 Å². The van der Waals surface area contributed by atoms with E-state index >= 15 is 0 Å². The third-order valence-corrected chi connectivity index (χ3v) is 6.09. The number of fused-ring (bicyclic) bond motifs is 1. The molecule has 0 N–H and O–H groups in total. The predicted octanol–water partition coefficient (Wildman–Crippen LogP) is 3.84. The second-order valence-corrected chi connectivity index (χ2v) is 8.08. The van der Waals surface area contributed by atoms with E-state index in [1.54, 1.807) is 30.8 Å². The smallest absolute Gasteiger partial charge is 0.254 e. The minimum absolute atomic E-state index is 0.0106. The van der Waals surface area contributed by atoms with E-state index in [1.165, 1.54) is 0 Å². The SMILES string of the molecule is CCCCOc1ccc(C(=O)N2CCN(c3ncnc4sccc34)CC2)cc1OC. The number of anilines is 1. The molecule has 158 valence electrons. The Morgan fingerprint density at radius 3 is 2.73 bits per heavy atom. The Labute approximate surface area is 180 Å². The lowest BCUT2D eigenvalue weighted by Gasteiger charge is -2.35. The van der Waals surface area contributed by atoms with Gasteiger partial charge in [-0.3, -0.25) is 4.79 Å². The van der Waals surface area contributed by atoms with E-state index in [-0.39, 0.29) is 5.91 Å². The first-order valence-corrected chi connectivity index (χ1v) is 11.1. The van der Waals surface area contributed by atoms with Crippen molar-refractivity contribution in [3.05, 3.63) is 41.5 Å². The zero-order valence-electron chi connectivity index (χ0n) is 17.3. The molecule has 0 bridgehead atoms. The van der Waals surface area contributed by atoms with Crippen molar-refractivity contribution in [1.29, 1.82) is 0 Å². The lowest BCUT2D eigenvalue weighted by atomic mass is 10.1. The Morgan fingerprint density at radius 1 is 1.13 bits per heavy atom. The fourth-order valence-electron chi connectivity index (χ4n) is 3.58. The number of amides is 1. The van der Waals surface area contributed by atoms with Gasteiger partial charge in [-0.25, -0.2) is 9.97 Å². The number of hydrogen-bond acceptors (Lipinski definition) is 7. The van der Waals surface area contributed by atoms with E-state index in [9.17, 15) is 4.79 Å². The highest BCUT2D eigenvalue weighted by Crippen LogP contribution is 2.30. The summed E-state index contributed by atoms with van der Waals surface area (Å²) in [6.07, 6.45) is 3.66. The third kappa shape index (κ3) is 4.18. The molecular formula is C22H26N4O3S. The maximum atomic E-state index is 13.0. The van der Waals surface area contributed by atoms with E-state index in [2.05, 4.69) is 27.9 Å². The fraction of sp³-hybridized carbons (Fsp3) is 0.409. The van der Waals surface area contributed by atoms with Gasteiger partial charge in [0.1, 0.15) is 17.0 Å². The molecule has 0 unspecified atom stereocenters. The lowest BCUT2D eigenvalue weighted by molar-refractivity contribution is 0.0746. The highest BCUT2D eigenvalue weighted by Gasteiger charge is 2.25. The number of carbonyl (C=O) groups excluding carboxylic acids is 1. The molecular weight excluding hydrogens is 400 g/mol. The van der Waals surface area contributed by atoms with Crippen molar-refractivity contribution in [1.82, 2.24) is 14.9 Å². The number of hydrogen-bond donors (Lipinski definition) is 0. The van der Waals surface area contributed by atoms with Gasteiger partial charge in [0.15, 0.2) is 11.5 Å². The number of carbonyl (C=O) groups is 1. The van der Waals surface area contributed by atoms with E-state index in [0.717, 1.165) is 42.0 Å². The lowest BCUT2D eigenvalue weighted by Crippen LogP contribution is -2.49. The first kappa shape index (κ1) is 20.4. The van der Waals surface area contributed by atoms with Crippen LogP contribution in [-0.2, 0) is 0 Å². The van der Waals surface area contributed by atoms with Crippen molar-refractivity contribution >= 4 is 33.3 Å². The van der Waals surface area contributed by atoms with Crippen LogP contribution in [0.5, 0.6) is 11.5 Å². The topological polar surface area (TPSA) is 67.8 Å². The maximum Gasteiger partial charge on any atom is 0.254 e. The average Bonchev–Trinajstić information content (AvgIpc) is 3.28. The molecule has 1 aliphatic rings. The van der Waals surface area contributed by atoms with Crippen molar-refractivity contribution in [2.24, 2.45) is 0 Å². The minimum Gasteiger partial charge on any atom is -0.493 e. The van der Waals surface area contributed by atoms with Crippen LogP contribution in [0.4, 0.5) is 5.82 Å². The molecule has 2 aromatic heterocycles. The highest BCUT2D eigenvalue weighted by molar-refractivity contribution is 7.16. The second-order valence-electron chi connectivity index (χ2n) is 7.18. The molecule has 3 aromatic rings. The Balaban J connectivity index is 1.42. The van der Waals surface area contributed by atoms with Gasteiger partial charge in [0.25, 0.3) is 5.91 Å². The van der Waals surface area contributed by atoms with Gasteiger partial charge in [-0.2, -0.15) is 0 Å². The first-order valence-electron chi connectivity index (χ1n) is 10.2. The Hall–Kier alpha value is -2.87. The number of rotatable bonds is 7. The van der Waals surface area contributed by atoms with Gasteiger partial charge >= 0.3 is 0 Å². The number of benzene rings is 1. The molecule has 1 amide bonds. The molecule has 1 aromatic carbocycles. The van der Waals surface area contributed by atoms with Gasteiger partial charge in [0.05, 0.1) is 19.1 Å². The minimum atomic E-state index is 0.0106. The molecule has 0 atom stereocenters. The fourth-order valence-corrected chi connectivity index (χ4v) is 4.31. The Kier molecular flexibility index (Phi) is 6.32. The molecule has 3 heterocycles. The number of ether oxygens (including phenoxy) is 2. The average molecular weight is 427 g/mol. The van der Waals surface area contributed by atoms with Gasteiger partial charge in [-0.1, -0.05) is 13.3 Å². The van der Waals surface area contributed by atoms with Gasteiger partial charge in [0.2, 0.25) is 0 Å². The quantitative estimate of drug-likeness (QED) is 0.535. The van der Waals surface area contributed by atoms with Crippen LogP contribution in [0.15, 0.2) is 36.0 Å². The van der Waals surface area contributed by atoms with E-state index < -0.39 is 0 Å². The van der Waals surface area contributed by atoms with Crippen molar-refractivity contribution in [2.75, 3.05) is 44.8 Å². The molecule has 1 fully saturated rings. The summed E-state index contributed by atoms with van der Waals surface area (Å²) >= 11 is 1.61. The maximum absolute atomic E-state index is 13.0. The molecule has 0 spiro atoms. The van der Waals surface area contributed by atoms with Crippen molar-refractivity contribution in [3.8, 4) is 11.5 Å². The van der Waals surface area contributed by atoms with E-state index in [4.69, 9.17) is 9.47 Å². The van der Waals surface area contributed by atoms with Gasteiger partial charge < -0.3 is 19.3 Å². The Morgan fingerprint density at radius 2 is 1.97 bits per heavy atom. The standard InChI is InChI=1S/C22H26N4O3S/c1-3-4-12-29-18-6-5-16(14-19(18)28-2)22(27)26-10-8-25(9-11-26)20-17-7-13-30-21(17)24-15-23-20/h5-7,13-15H,3-4,8-12H2,1-2H3. The van der Waals surface area contributed by atoms with Gasteiger partial charge in [-0.15, -0.1) is 11.3 Å². The normalized spacial score (nSPS) is 14.2. The summed E-state index contributed by atoms with van der Waals surface area (Å²) in [5, 5.41) is 3.11. The first-order chi connectivity index (χ1) is 14.7. The monoisotopic (exact) mass is 426 g/mol. The number of nitrogens with zero attached hydrogens (tertiary/aromatic N) is 4. The second kappa shape index (κ2) is 9.30. The van der Waals surface area contributed by atoms with Crippen molar-refractivity contribution < 1.29 is 14.3 Å². The van der Waals surface area contributed by atoms with Crippen molar-refractivity contribution in [2.45, 2.75) is 19.8 Å². The summed E-state index contributed by atoms with van der Waals surface area (Å²) < 4.78 is 11.2. The highest BCUT2D eigenvalue weighted by atomic mass is 32.1. The summed E-state index contributed by atoms with van der Waals surface area (Å²) in [5.41, 5.74) is 0.616. The number of aromatic nitrogens is 2. The zero-order valence-corrected chi connectivity index (χ0v) is 18.2. The number of methoxy groups -OCH3 is 1. The van der Waals surface area contributed by atoms with Crippen LogP contribution in [0.25, 0.3) is 10.2 Å². The third-order valence-electron chi connectivity index (χ3n) is 5.27. The summed E-state index contributed by atoms with van der Waals surface area (Å²) in [6, 6.07) is 7.47. The molecule has 30 heavy (non-hydrogen) atoms. The largest absolute Gasteiger partial charge is 0.493 e. The van der Waals surface area contributed by atoms with E-state index in [0.29, 0.717) is 36.8 Å². The molecule has 1 saturated heterocycles. The van der Waals surface area contributed by atoms with Crippen LogP contribution >= 0.6 is 11.3 Å². The van der Waals surface area contributed by atoms with Crippen molar-refractivity contribution in [3.63, 3.8) is 0 Å². The molecule has 0 radical (unpaired) electrons. The summed E-state index contributed by atoms with van der Waals surface area (Å²) in [5.74, 6) is 2.23. The van der Waals surface area contributed by atoms with Gasteiger partial charge in [-0.05, 0) is 36.1 Å². The number of unbranched alkanes of at least 4 members (excludes halogenated alkanes) is 1. The predicted molar refractivity (Wildman–Crippen MR) is 119 cm³/mol. The Bertz CT molecular complexity index is 1010. The van der Waals surface area contributed by atoms with Crippen LogP contribution in [0, 0.1) is 0 Å². The van der Waals surface area contributed by atoms with E-state index in [1.807, 2.05) is 22.4 Å². The summed E-state index contributed by atoms with van der Waals surface area (Å²) in [4.78, 5) is 26.9. The van der Waals surface area contributed by atoms with Crippen LogP contribution in [0.2, 0.25) is 0 Å². The van der Waals surface area contributed by atoms with Crippen LogP contribution in [0.1, 0.15) is 30.1 Å². The summed E-state index contributed by atoms with van der Waals surface area (Å²) in [7, 11) is 1.60. The van der Waals surface area contributed by atoms with Gasteiger partial charge in [0, 0.05) is 31.7 Å². The molecule has 8 heteroatoms. The molecule has 1 aliphatic heterocycles.